The zero-order chi connectivity index (χ0) is 19.9. The molecular weight excluding hydrogens is 382 g/mol. The lowest BCUT2D eigenvalue weighted by atomic mass is 10.1. The van der Waals surface area contributed by atoms with Crippen LogP contribution in [0, 0.1) is 0 Å². The van der Waals surface area contributed by atoms with Crippen molar-refractivity contribution in [3.8, 4) is 11.5 Å². The molecule has 1 aliphatic heterocycles. The van der Waals surface area contributed by atoms with Gasteiger partial charge in [-0.15, -0.1) is 11.8 Å². The molecule has 1 saturated heterocycles. The van der Waals surface area contributed by atoms with Crippen molar-refractivity contribution in [1.82, 2.24) is 4.90 Å². The van der Waals surface area contributed by atoms with Crippen LogP contribution in [-0.4, -0.2) is 29.7 Å². The van der Waals surface area contributed by atoms with Crippen LogP contribution in [-0.2, 0) is 11.4 Å². The quantitative estimate of drug-likeness (QED) is 0.559. The molecule has 1 fully saturated rings. The summed E-state index contributed by atoms with van der Waals surface area (Å²) < 4.78 is 11.8. The summed E-state index contributed by atoms with van der Waals surface area (Å²) in [4.78, 5) is 14.7. The van der Waals surface area contributed by atoms with E-state index < -0.39 is 0 Å². The molecular formula is C24H23NO3S. The highest BCUT2D eigenvalue weighted by atomic mass is 32.2. The van der Waals surface area contributed by atoms with Gasteiger partial charge in [0.25, 0.3) is 5.91 Å². The first kappa shape index (κ1) is 19.4. The lowest BCUT2D eigenvalue weighted by Gasteiger charge is -2.25. The number of para-hydroxylation sites is 2. The van der Waals surface area contributed by atoms with Gasteiger partial charge in [-0.2, -0.15) is 0 Å². The van der Waals surface area contributed by atoms with Crippen LogP contribution in [0.2, 0.25) is 0 Å². The molecule has 0 bridgehead atoms. The summed E-state index contributed by atoms with van der Waals surface area (Å²) >= 11 is 1.76. The van der Waals surface area contributed by atoms with Gasteiger partial charge in [-0.05, 0) is 23.8 Å². The highest BCUT2D eigenvalue weighted by Gasteiger charge is 2.32. The summed E-state index contributed by atoms with van der Waals surface area (Å²) in [6, 6.07) is 27.5. The number of hydrogen-bond acceptors (Lipinski definition) is 4. The van der Waals surface area contributed by atoms with Gasteiger partial charge in [-0.1, -0.05) is 66.7 Å². The van der Waals surface area contributed by atoms with Gasteiger partial charge in [0.05, 0.1) is 0 Å². The van der Waals surface area contributed by atoms with Gasteiger partial charge < -0.3 is 14.4 Å². The van der Waals surface area contributed by atoms with Crippen molar-refractivity contribution >= 4 is 17.7 Å². The molecule has 0 radical (unpaired) electrons. The molecule has 5 heteroatoms. The summed E-state index contributed by atoms with van der Waals surface area (Å²) in [6.07, 6.45) is 0. The van der Waals surface area contributed by atoms with Crippen LogP contribution in [0.3, 0.4) is 0 Å². The molecule has 3 aromatic rings. The standard InChI is InChI=1S/C24H23NO3S/c26-23(18-27-20-11-5-2-6-12-20)25-15-16-29-24(25)21-13-7-8-14-22(21)28-17-19-9-3-1-4-10-19/h1-14,24H,15-18H2. The molecule has 4 nitrogen and oxygen atoms in total. The van der Waals surface area contributed by atoms with Crippen LogP contribution in [0.5, 0.6) is 11.5 Å². The second-order valence-corrected chi connectivity index (χ2v) is 7.91. The Labute approximate surface area is 175 Å². The molecule has 0 aromatic heterocycles. The van der Waals surface area contributed by atoms with E-state index in [1.54, 1.807) is 11.8 Å². The Hall–Kier alpha value is -2.92. The smallest absolute Gasteiger partial charge is 0.261 e. The lowest BCUT2D eigenvalue weighted by molar-refractivity contribution is -0.133. The number of benzene rings is 3. The van der Waals surface area contributed by atoms with E-state index in [4.69, 9.17) is 9.47 Å². The van der Waals surface area contributed by atoms with Crippen molar-refractivity contribution in [2.24, 2.45) is 0 Å². The van der Waals surface area contributed by atoms with Crippen molar-refractivity contribution in [2.45, 2.75) is 12.0 Å². The number of nitrogens with zero attached hydrogens (tertiary/aromatic N) is 1. The highest BCUT2D eigenvalue weighted by Crippen LogP contribution is 2.42. The first-order chi connectivity index (χ1) is 14.3. The lowest BCUT2D eigenvalue weighted by Crippen LogP contribution is -2.34. The molecule has 1 aliphatic rings. The number of carbonyl (C=O) groups excluding carboxylic acids is 1. The molecule has 3 aromatic carbocycles. The van der Waals surface area contributed by atoms with E-state index in [0.717, 1.165) is 22.6 Å². The maximum Gasteiger partial charge on any atom is 0.261 e. The van der Waals surface area contributed by atoms with Gasteiger partial charge in [0, 0.05) is 17.9 Å². The Morgan fingerprint density at radius 3 is 2.38 bits per heavy atom. The first-order valence-electron chi connectivity index (χ1n) is 9.66. The number of amides is 1. The van der Waals surface area contributed by atoms with Gasteiger partial charge in [0.15, 0.2) is 6.61 Å². The summed E-state index contributed by atoms with van der Waals surface area (Å²) in [7, 11) is 0. The molecule has 1 amide bonds. The molecule has 4 rings (SSSR count). The molecule has 0 saturated carbocycles. The van der Waals surface area contributed by atoms with Crippen molar-refractivity contribution in [3.63, 3.8) is 0 Å². The fourth-order valence-electron chi connectivity index (χ4n) is 3.28. The van der Waals surface area contributed by atoms with Gasteiger partial charge in [0.2, 0.25) is 0 Å². The Morgan fingerprint density at radius 2 is 1.59 bits per heavy atom. The van der Waals surface area contributed by atoms with E-state index in [9.17, 15) is 4.79 Å². The topological polar surface area (TPSA) is 38.8 Å². The number of hydrogen-bond donors (Lipinski definition) is 0. The predicted molar refractivity (Wildman–Crippen MR) is 116 cm³/mol. The minimum Gasteiger partial charge on any atom is -0.489 e. The van der Waals surface area contributed by atoms with Gasteiger partial charge in [-0.25, -0.2) is 0 Å². The van der Waals surface area contributed by atoms with Gasteiger partial charge >= 0.3 is 0 Å². The van der Waals surface area contributed by atoms with Crippen LogP contribution in [0.1, 0.15) is 16.5 Å². The second-order valence-electron chi connectivity index (χ2n) is 6.72. The highest BCUT2D eigenvalue weighted by molar-refractivity contribution is 7.99. The van der Waals surface area contributed by atoms with Gasteiger partial charge in [-0.3, -0.25) is 4.79 Å². The van der Waals surface area contributed by atoms with Gasteiger partial charge in [0.1, 0.15) is 23.5 Å². The normalized spacial score (nSPS) is 15.9. The first-order valence-corrected chi connectivity index (χ1v) is 10.7. The molecule has 0 N–H and O–H groups in total. The van der Waals surface area contributed by atoms with Crippen LogP contribution in [0.4, 0.5) is 0 Å². The van der Waals surface area contributed by atoms with E-state index >= 15 is 0 Å². The third-order valence-corrected chi connectivity index (χ3v) is 5.98. The van der Waals surface area contributed by atoms with Crippen LogP contribution in [0.25, 0.3) is 0 Å². The largest absolute Gasteiger partial charge is 0.489 e. The third-order valence-electron chi connectivity index (χ3n) is 4.74. The van der Waals surface area contributed by atoms with E-state index in [1.807, 2.05) is 89.8 Å². The number of rotatable bonds is 7. The Kier molecular flexibility index (Phi) is 6.37. The molecule has 0 aliphatic carbocycles. The summed E-state index contributed by atoms with van der Waals surface area (Å²) in [6.45, 7) is 1.24. The summed E-state index contributed by atoms with van der Waals surface area (Å²) in [5.41, 5.74) is 2.14. The average molecular weight is 406 g/mol. The number of ether oxygens (including phenoxy) is 2. The Balaban J connectivity index is 1.44. The number of carbonyl (C=O) groups is 1. The fourth-order valence-corrected chi connectivity index (χ4v) is 4.58. The number of thioether (sulfide) groups is 1. The minimum absolute atomic E-state index is 0.0123. The van der Waals surface area contributed by atoms with E-state index in [1.165, 1.54) is 0 Å². The van der Waals surface area contributed by atoms with E-state index in [0.29, 0.717) is 18.9 Å². The Morgan fingerprint density at radius 1 is 0.897 bits per heavy atom. The molecule has 0 spiro atoms. The van der Waals surface area contributed by atoms with Crippen LogP contribution < -0.4 is 9.47 Å². The third kappa shape index (κ3) is 4.93. The van der Waals surface area contributed by atoms with Crippen molar-refractivity contribution in [3.05, 3.63) is 96.1 Å². The Bertz CT molecular complexity index is 933. The predicted octanol–water partition coefficient (Wildman–Crippen LogP) is 4.92. The molecule has 1 heterocycles. The summed E-state index contributed by atoms with van der Waals surface area (Å²) in [5, 5.41) is -0.0613. The van der Waals surface area contributed by atoms with Crippen molar-refractivity contribution in [2.75, 3.05) is 18.9 Å². The minimum atomic E-state index is -0.0613. The average Bonchev–Trinajstić information content (AvgIpc) is 3.27. The van der Waals surface area contributed by atoms with Crippen LogP contribution in [0.15, 0.2) is 84.9 Å². The maximum atomic E-state index is 12.8. The van der Waals surface area contributed by atoms with Crippen molar-refractivity contribution in [1.29, 1.82) is 0 Å². The zero-order valence-corrected chi connectivity index (χ0v) is 16.9. The monoisotopic (exact) mass is 405 g/mol. The second kappa shape index (κ2) is 9.52. The summed E-state index contributed by atoms with van der Waals surface area (Å²) in [5.74, 6) is 2.41. The van der Waals surface area contributed by atoms with Crippen molar-refractivity contribution < 1.29 is 14.3 Å². The fraction of sp³-hybridized carbons (Fsp3) is 0.208. The SMILES string of the molecule is O=C(COc1ccccc1)N1CCSC1c1ccccc1OCc1ccccc1. The molecule has 148 valence electrons. The molecule has 1 atom stereocenters. The molecule has 29 heavy (non-hydrogen) atoms. The zero-order valence-electron chi connectivity index (χ0n) is 16.1. The van der Waals surface area contributed by atoms with Crippen LogP contribution >= 0.6 is 11.8 Å². The maximum absolute atomic E-state index is 12.8. The molecule has 1 unspecified atom stereocenters. The van der Waals surface area contributed by atoms with E-state index in [2.05, 4.69) is 0 Å². The van der Waals surface area contributed by atoms with E-state index in [-0.39, 0.29) is 17.9 Å².